The molecule has 3 N–H and O–H groups in total. The lowest BCUT2D eigenvalue weighted by Gasteiger charge is -2.35. The van der Waals surface area contributed by atoms with E-state index in [9.17, 15) is 14.7 Å². The number of aromatic nitrogens is 1. The van der Waals surface area contributed by atoms with Gasteiger partial charge in [0, 0.05) is 19.5 Å². The van der Waals surface area contributed by atoms with E-state index in [2.05, 4.69) is 22.5 Å². The number of hydrogen-bond donors (Lipinski definition) is 3. The molecule has 1 saturated heterocycles. The van der Waals surface area contributed by atoms with Crippen LogP contribution in [0.5, 0.6) is 0 Å². The fraction of sp³-hybridized carbons (Fsp3) is 0.560. The average molecular weight is 473 g/mol. The molecule has 0 radical (unpaired) electrons. The number of carbonyl (C=O) groups excluding carboxylic acids is 2. The van der Waals surface area contributed by atoms with E-state index in [1.54, 1.807) is 16.2 Å². The summed E-state index contributed by atoms with van der Waals surface area (Å²) in [6.45, 7) is 11.3. The van der Waals surface area contributed by atoms with E-state index in [4.69, 9.17) is 0 Å². The molecule has 1 fully saturated rings. The highest BCUT2D eigenvalue weighted by Gasteiger charge is 2.43. The third-order valence-electron chi connectivity index (χ3n) is 6.00. The number of aliphatic hydroxyl groups excluding tert-OH is 1. The van der Waals surface area contributed by atoms with Gasteiger partial charge in [-0.2, -0.15) is 0 Å². The Morgan fingerprint density at radius 1 is 1.27 bits per heavy atom. The Hall–Kier alpha value is -2.29. The second kappa shape index (κ2) is 10.8. The lowest BCUT2D eigenvalue weighted by molar-refractivity contribution is -0.142. The van der Waals surface area contributed by atoms with Gasteiger partial charge in [-0.1, -0.05) is 52.0 Å². The summed E-state index contributed by atoms with van der Waals surface area (Å²) in [5, 5.41) is 16.5. The first kappa shape index (κ1) is 25.3. The predicted octanol–water partition coefficient (Wildman–Crippen LogP) is 3.11. The molecule has 0 aliphatic carbocycles. The van der Waals surface area contributed by atoms with E-state index in [1.165, 1.54) is 0 Å². The van der Waals surface area contributed by atoms with Gasteiger partial charge in [0.25, 0.3) is 0 Å². The number of carbonyl (C=O) groups is 2. The first-order valence-electron chi connectivity index (χ1n) is 11.6. The second-order valence-electron chi connectivity index (χ2n) is 9.83. The fourth-order valence-electron chi connectivity index (χ4n) is 4.18. The van der Waals surface area contributed by atoms with E-state index in [0.29, 0.717) is 6.54 Å². The molecule has 180 valence electrons. The number of aliphatic hydroxyl groups is 1. The van der Waals surface area contributed by atoms with Gasteiger partial charge in [-0.25, -0.2) is 4.98 Å². The van der Waals surface area contributed by atoms with Gasteiger partial charge in [-0.05, 0) is 36.4 Å². The Morgan fingerprint density at radius 3 is 2.55 bits per heavy atom. The van der Waals surface area contributed by atoms with Crippen molar-refractivity contribution in [2.75, 3.05) is 13.1 Å². The smallest absolute Gasteiger partial charge is 0.243 e. The van der Waals surface area contributed by atoms with Crippen LogP contribution in [0, 0.1) is 12.3 Å². The van der Waals surface area contributed by atoms with Crippen LogP contribution in [0.4, 0.5) is 0 Å². The molecule has 1 aliphatic rings. The van der Waals surface area contributed by atoms with Crippen LogP contribution >= 0.6 is 11.3 Å². The summed E-state index contributed by atoms with van der Waals surface area (Å²) in [5.74, 6) is -0.359. The molecule has 1 aromatic carbocycles. The van der Waals surface area contributed by atoms with Gasteiger partial charge < -0.3 is 20.6 Å². The molecule has 0 unspecified atom stereocenters. The monoisotopic (exact) mass is 472 g/mol. The Balaban J connectivity index is 1.65. The third kappa shape index (κ3) is 6.19. The van der Waals surface area contributed by atoms with E-state index >= 15 is 0 Å². The summed E-state index contributed by atoms with van der Waals surface area (Å²) in [4.78, 5) is 33.4. The van der Waals surface area contributed by atoms with Gasteiger partial charge in [0.15, 0.2) is 0 Å². The first-order chi connectivity index (χ1) is 15.6. The minimum absolute atomic E-state index is 0.128. The molecule has 3 atom stereocenters. The molecule has 0 saturated carbocycles. The van der Waals surface area contributed by atoms with Crippen LogP contribution in [0.1, 0.15) is 51.8 Å². The zero-order valence-electron chi connectivity index (χ0n) is 20.2. The molecule has 2 heterocycles. The van der Waals surface area contributed by atoms with Crippen LogP contribution in [0.3, 0.4) is 0 Å². The third-order valence-corrected chi connectivity index (χ3v) is 6.98. The molecule has 0 spiro atoms. The van der Waals surface area contributed by atoms with Crippen LogP contribution in [0.25, 0.3) is 10.4 Å². The quantitative estimate of drug-likeness (QED) is 0.549. The number of likely N-dealkylation sites (tertiary alicyclic amines) is 1. The number of nitrogens with zero attached hydrogens (tertiary/aromatic N) is 2. The van der Waals surface area contributed by atoms with Crippen molar-refractivity contribution in [1.29, 1.82) is 0 Å². The second-order valence-corrected chi connectivity index (χ2v) is 10.7. The number of benzene rings is 1. The maximum Gasteiger partial charge on any atom is 0.243 e. The summed E-state index contributed by atoms with van der Waals surface area (Å²) < 4.78 is 0. The standard InChI is InChI=1S/C25H36N4O3S/c1-6-11-26-22(25(3,4)5)24(32)29-14-19(30)12-20(29)23(31)27-13-17-7-9-18(10-8-17)21-16(2)28-15-33-21/h7-10,15,19-20,22,26,30H,6,11-14H2,1-5H3,(H,27,31)/t19-,20+,22-/m0/s1. The SMILES string of the molecule is CCCN[C@@H](C(=O)N1C[C@@H](O)C[C@@H]1C(=O)NCc1ccc(-c2scnc2C)cc1)C(C)(C)C. The van der Waals surface area contributed by atoms with Crippen molar-refractivity contribution in [3.05, 3.63) is 41.0 Å². The number of thiazole rings is 1. The van der Waals surface area contributed by atoms with Crippen LogP contribution in [0.15, 0.2) is 29.8 Å². The van der Waals surface area contributed by atoms with Crippen molar-refractivity contribution < 1.29 is 14.7 Å². The molecule has 8 heteroatoms. The topological polar surface area (TPSA) is 94.6 Å². The van der Waals surface area contributed by atoms with Crippen LogP contribution in [-0.2, 0) is 16.1 Å². The van der Waals surface area contributed by atoms with Gasteiger partial charge in [0.1, 0.15) is 6.04 Å². The van der Waals surface area contributed by atoms with Crippen LogP contribution < -0.4 is 10.6 Å². The molecule has 2 amide bonds. The number of aryl methyl sites for hydroxylation is 1. The van der Waals surface area contributed by atoms with E-state index < -0.39 is 18.2 Å². The lowest BCUT2D eigenvalue weighted by Crippen LogP contribution is -2.56. The van der Waals surface area contributed by atoms with Crippen LogP contribution in [0.2, 0.25) is 0 Å². The highest BCUT2D eigenvalue weighted by molar-refractivity contribution is 7.13. The van der Waals surface area contributed by atoms with Crippen molar-refractivity contribution in [2.45, 2.75) is 72.2 Å². The number of nitrogens with one attached hydrogen (secondary N) is 2. The molecule has 2 aromatic rings. The van der Waals surface area contributed by atoms with Gasteiger partial charge in [-0.3, -0.25) is 9.59 Å². The summed E-state index contributed by atoms with van der Waals surface area (Å²) in [6.07, 6.45) is 0.470. The summed E-state index contributed by atoms with van der Waals surface area (Å²) in [7, 11) is 0. The molecule has 33 heavy (non-hydrogen) atoms. The van der Waals surface area contributed by atoms with Crippen molar-refractivity contribution in [1.82, 2.24) is 20.5 Å². The largest absolute Gasteiger partial charge is 0.391 e. The van der Waals surface area contributed by atoms with E-state index in [1.807, 2.05) is 57.5 Å². The highest BCUT2D eigenvalue weighted by Crippen LogP contribution is 2.28. The molecule has 1 aliphatic heterocycles. The predicted molar refractivity (Wildman–Crippen MR) is 132 cm³/mol. The first-order valence-corrected chi connectivity index (χ1v) is 12.5. The van der Waals surface area contributed by atoms with Gasteiger partial charge >= 0.3 is 0 Å². The molecule has 7 nitrogen and oxygen atoms in total. The fourth-order valence-corrected chi connectivity index (χ4v) is 5.00. The minimum Gasteiger partial charge on any atom is -0.391 e. The average Bonchev–Trinajstić information content (AvgIpc) is 3.37. The van der Waals surface area contributed by atoms with Crippen molar-refractivity contribution in [2.24, 2.45) is 5.41 Å². The Morgan fingerprint density at radius 2 is 1.97 bits per heavy atom. The summed E-state index contributed by atoms with van der Waals surface area (Å²) in [6, 6.07) is 6.96. The van der Waals surface area contributed by atoms with E-state index in [-0.39, 0.29) is 30.2 Å². The highest BCUT2D eigenvalue weighted by atomic mass is 32.1. The Bertz CT molecular complexity index is 951. The van der Waals surface area contributed by atoms with Crippen LogP contribution in [-0.4, -0.2) is 58.1 Å². The molecule has 0 bridgehead atoms. The summed E-state index contributed by atoms with van der Waals surface area (Å²) >= 11 is 1.61. The van der Waals surface area contributed by atoms with Crippen molar-refractivity contribution in [3.8, 4) is 10.4 Å². The lowest BCUT2D eigenvalue weighted by atomic mass is 9.85. The van der Waals surface area contributed by atoms with Gasteiger partial charge in [0.05, 0.1) is 28.2 Å². The Kier molecular flexibility index (Phi) is 8.26. The van der Waals surface area contributed by atoms with Gasteiger partial charge in [0.2, 0.25) is 11.8 Å². The number of β-amino-alcohol motifs (C(OH)–C–C–N with tert-alkyl or cyclic N) is 1. The number of hydrogen-bond acceptors (Lipinski definition) is 6. The zero-order chi connectivity index (χ0) is 24.2. The Labute approximate surface area is 200 Å². The maximum atomic E-state index is 13.4. The maximum absolute atomic E-state index is 13.4. The van der Waals surface area contributed by atoms with E-state index in [0.717, 1.165) is 34.7 Å². The zero-order valence-corrected chi connectivity index (χ0v) is 21.0. The van der Waals surface area contributed by atoms with Crippen molar-refractivity contribution in [3.63, 3.8) is 0 Å². The molecule has 1 aromatic heterocycles. The molecule has 3 rings (SSSR count). The normalized spacial score (nSPS) is 19.5. The molecular formula is C25H36N4O3S. The molecular weight excluding hydrogens is 436 g/mol. The minimum atomic E-state index is -0.696. The van der Waals surface area contributed by atoms with Gasteiger partial charge in [-0.15, -0.1) is 11.3 Å². The number of rotatable bonds is 8. The number of amides is 2. The summed E-state index contributed by atoms with van der Waals surface area (Å²) in [5.41, 5.74) is 4.62. The van der Waals surface area contributed by atoms with Crippen molar-refractivity contribution >= 4 is 23.2 Å².